The zero-order valence-corrected chi connectivity index (χ0v) is 6.89. The molecule has 1 heteroatoms. The standard InChI is InChI=1S/C9H15F/c1-6-4-5-7(2)9(10)8(6)3/h5-6,8-9H,4H2,1-3H3. The number of alkyl halides is 1. The second-order valence-corrected chi connectivity index (χ2v) is 3.42. The minimum Gasteiger partial charge on any atom is -0.242 e. The minimum atomic E-state index is -0.691. The Balaban J connectivity index is 2.71. The van der Waals surface area contributed by atoms with Gasteiger partial charge >= 0.3 is 0 Å². The summed E-state index contributed by atoms with van der Waals surface area (Å²) in [7, 11) is 0. The molecule has 0 bridgehead atoms. The fraction of sp³-hybridized carbons (Fsp3) is 0.778. The van der Waals surface area contributed by atoms with Crippen LogP contribution in [-0.4, -0.2) is 6.17 Å². The molecule has 0 aromatic rings. The second-order valence-electron chi connectivity index (χ2n) is 3.42. The molecule has 0 aromatic heterocycles. The monoisotopic (exact) mass is 142 g/mol. The van der Waals surface area contributed by atoms with Gasteiger partial charge in [0.2, 0.25) is 0 Å². The van der Waals surface area contributed by atoms with Crippen molar-refractivity contribution < 1.29 is 4.39 Å². The smallest absolute Gasteiger partial charge is 0.124 e. The van der Waals surface area contributed by atoms with E-state index in [2.05, 4.69) is 6.92 Å². The summed E-state index contributed by atoms with van der Waals surface area (Å²) < 4.78 is 13.2. The molecule has 0 spiro atoms. The van der Waals surface area contributed by atoms with E-state index < -0.39 is 6.17 Å². The molecule has 0 saturated heterocycles. The molecule has 0 radical (unpaired) electrons. The number of hydrogen-bond acceptors (Lipinski definition) is 0. The van der Waals surface area contributed by atoms with Gasteiger partial charge in [-0.3, -0.25) is 0 Å². The summed E-state index contributed by atoms with van der Waals surface area (Å²) in [6, 6.07) is 0. The Labute approximate surface area is 62.1 Å². The van der Waals surface area contributed by atoms with Crippen molar-refractivity contribution >= 4 is 0 Å². The Bertz CT molecular complexity index is 149. The lowest BCUT2D eigenvalue weighted by Crippen LogP contribution is -2.24. The topological polar surface area (TPSA) is 0 Å². The summed E-state index contributed by atoms with van der Waals surface area (Å²) in [5.41, 5.74) is 0.922. The quantitative estimate of drug-likeness (QED) is 0.456. The minimum absolute atomic E-state index is 0.213. The third-order valence-corrected chi connectivity index (χ3v) is 2.61. The van der Waals surface area contributed by atoms with Crippen LogP contribution in [0.2, 0.25) is 0 Å². The van der Waals surface area contributed by atoms with Crippen LogP contribution in [0, 0.1) is 11.8 Å². The first-order valence-corrected chi connectivity index (χ1v) is 3.93. The van der Waals surface area contributed by atoms with Crippen molar-refractivity contribution in [1.82, 2.24) is 0 Å². The highest BCUT2D eigenvalue weighted by molar-refractivity contribution is 5.11. The summed E-state index contributed by atoms with van der Waals surface area (Å²) in [5.74, 6) is 0.726. The van der Waals surface area contributed by atoms with Crippen molar-refractivity contribution in [3.8, 4) is 0 Å². The predicted molar refractivity (Wildman–Crippen MR) is 41.6 cm³/mol. The lowest BCUT2D eigenvalue weighted by Gasteiger charge is -2.27. The summed E-state index contributed by atoms with van der Waals surface area (Å²) in [6.07, 6.45) is 2.38. The Morgan fingerprint density at radius 2 is 2.10 bits per heavy atom. The third-order valence-electron chi connectivity index (χ3n) is 2.61. The molecule has 58 valence electrons. The molecule has 1 aliphatic carbocycles. The molecule has 3 atom stereocenters. The van der Waals surface area contributed by atoms with Gasteiger partial charge in [-0.15, -0.1) is 0 Å². The highest BCUT2D eigenvalue weighted by atomic mass is 19.1. The van der Waals surface area contributed by atoms with Gasteiger partial charge in [-0.25, -0.2) is 4.39 Å². The van der Waals surface area contributed by atoms with Crippen molar-refractivity contribution in [1.29, 1.82) is 0 Å². The van der Waals surface area contributed by atoms with Crippen LogP contribution in [0.15, 0.2) is 11.6 Å². The lowest BCUT2D eigenvalue weighted by molar-refractivity contribution is 0.206. The van der Waals surface area contributed by atoms with Crippen LogP contribution in [0.1, 0.15) is 27.2 Å². The average molecular weight is 142 g/mol. The van der Waals surface area contributed by atoms with Gasteiger partial charge in [0.05, 0.1) is 0 Å². The zero-order valence-electron chi connectivity index (χ0n) is 6.89. The van der Waals surface area contributed by atoms with E-state index in [1.54, 1.807) is 0 Å². The number of allylic oxidation sites excluding steroid dienone is 2. The first-order valence-electron chi connectivity index (χ1n) is 3.93. The molecule has 0 aliphatic heterocycles. The van der Waals surface area contributed by atoms with Gasteiger partial charge in [0, 0.05) is 0 Å². The maximum atomic E-state index is 13.2. The van der Waals surface area contributed by atoms with Gasteiger partial charge in [-0.2, -0.15) is 0 Å². The van der Waals surface area contributed by atoms with E-state index in [9.17, 15) is 4.39 Å². The largest absolute Gasteiger partial charge is 0.242 e. The second kappa shape index (κ2) is 2.73. The lowest BCUT2D eigenvalue weighted by atomic mass is 9.81. The fourth-order valence-corrected chi connectivity index (χ4v) is 1.40. The first kappa shape index (κ1) is 7.77. The van der Waals surface area contributed by atoms with Crippen molar-refractivity contribution in [2.24, 2.45) is 11.8 Å². The van der Waals surface area contributed by atoms with Crippen molar-refractivity contribution in [2.45, 2.75) is 33.4 Å². The highest BCUT2D eigenvalue weighted by Gasteiger charge is 2.26. The van der Waals surface area contributed by atoms with Crippen molar-refractivity contribution in [3.05, 3.63) is 11.6 Å². The van der Waals surface area contributed by atoms with Crippen LogP contribution < -0.4 is 0 Å². The van der Waals surface area contributed by atoms with Gasteiger partial charge in [-0.05, 0) is 30.8 Å². The third kappa shape index (κ3) is 1.23. The fourth-order valence-electron chi connectivity index (χ4n) is 1.40. The molecule has 1 rings (SSSR count). The SMILES string of the molecule is CC1=CCC(C)C(C)C1F. The zero-order chi connectivity index (χ0) is 7.72. The van der Waals surface area contributed by atoms with Crippen LogP contribution in [0.4, 0.5) is 4.39 Å². The van der Waals surface area contributed by atoms with Crippen LogP contribution in [0.3, 0.4) is 0 Å². The van der Waals surface area contributed by atoms with Gasteiger partial charge < -0.3 is 0 Å². The molecule has 0 fully saturated rings. The Kier molecular flexibility index (Phi) is 2.12. The Hall–Kier alpha value is -0.330. The maximum absolute atomic E-state index is 13.2. The van der Waals surface area contributed by atoms with E-state index in [4.69, 9.17) is 0 Å². The van der Waals surface area contributed by atoms with E-state index >= 15 is 0 Å². The summed E-state index contributed by atoms with van der Waals surface area (Å²) in [4.78, 5) is 0. The van der Waals surface area contributed by atoms with Gasteiger partial charge in [0.1, 0.15) is 6.17 Å². The van der Waals surface area contributed by atoms with Crippen LogP contribution >= 0.6 is 0 Å². The summed E-state index contributed by atoms with van der Waals surface area (Å²) in [5, 5.41) is 0. The van der Waals surface area contributed by atoms with E-state index in [1.807, 2.05) is 19.9 Å². The number of halogens is 1. The van der Waals surface area contributed by atoms with Crippen LogP contribution in [-0.2, 0) is 0 Å². The molecule has 10 heavy (non-hydrogen) atoms. The van der Waals surface area contributed by atoms with Gasteiger partial charge in [0.15, 0.2) is 0 Å². The van der Waals surface area contributed by atoms with Crippen molar-refractivity contribution in [2.75, 3.05) is 0 Å². The van der Waals surface area contributed by atoms with Gasteiger partial charge in [0.25, 0.3) is 0 Å². The molecule has 0 amide bonds. The summed E-state index contributed by atoms with van der Waals surface area (Å²) >= 11 is 0. The molecule has 1 aliphatic rings. The van der Waals surface area contributed by atoms with E-state index in [0.29, 0.717) is 5.92 Å². The summed E-state index contributed by atoms with van der Waals surface area (Å²) in [6.45, 7) is 5.99. The molecule has 0 aromatic carbocycles. The maximum Gasteiger partial charge on any atom is 0.124 e. The molecular formula is C9H15F. The molecular weight excluding hydrogens is 127 g/mol. The molecule has 3 unspecified atom stereocenters. The van der Waals surface area contributed by atoms with E-state index in [-0.39, 0.29) is 5.92 Å². The normalized spacial score (nSPS) is 41.2. The first-order chi connectivity index (χ1) is 4.63. The molecule has 0 nitrogen and oxygen atoms in total. The molecule has 0 saturated carbocycles. The highest BCUT2D eigenvalue weighted by Crippen LogP contribution is 2.30. The molecule has 0 heterocycles. The number of rotatable bonds is 0. The van der Waals surface area contributed by atoms with Crippen LogP contribution in [0.25, 0.3) is 0 Å². The van der Waals surface area contributed by atoms with Gasteiger partial charge in [-0.1, -0.05) is 19.9 Å². The van der Waals surface area contributed by atoms with Crippen molar-refractivity contribution in [3.63, 3.8) is 0 Å². The average Bonchev–Trinajstić information content (AvgIpc) is 1.93. The Morgan fingerprint density at radius 3 is 2.60 bits per heavy atom. The molecule has 0 N–H and O–H groups in total. The Morgan fingerprint density at radius 1 is 1.50 bits per heavy atom. The van der Waals surface area contributed by atoms with E-state index in [0.717, 1.165) is 12.0 Å². The van der Waals surface area contributed by atoms with Crippen LogP contribution in [0.5, 0.6) is 0 Å². The number of hydrogen-bond donors (Lipinski definition) is 0. The predicted octanol–water partition coefficient (Wildman–Crippen LogP) is 2.95. The van der Waals surface area contributed by atoms with E-state index in [1.165, 1.54) is 0 Å².